The second-order valence-corrected chi connectivity index (χ2v) is 11.3. The van der Waals surface area contributed by atoms with Gasteiger partial charge in [-0.05, 0) is 48.5 Å². The highest BCUT2D eigenvalue weighted by molar-refractivity contribution is 7.21. The van der Waals surface area contributed by atoms with Gasteiger partial charge >= 0.3 is 0 Å². The molecule has 0 N–H and O–H groups in total. The Kier molecular flexibility index (Phi) is 4.74. The van der Waals surface area contributed by atoms with Crippen LogP contribution in [0, 0.1) is 0 Å². The van der Waals surface area contributed by atoms with E-state index in [-0.39, 0.29) is 0 Å². The fourth-order valence-electron chi connectivity index (χ4n) is 6.15. The van der Waals surface area contributed by atoms with Gasteiger partial charge in [0, 0.05) is 21.9 Å². The number of fused-ring (bicyclic) bond motifs is 6. The van der Waals surface area contributed by atoms with Crippen molar-refractivity contribution in [3.63, 3.8) is 0 Å². The second kappa shape index (κ2) is 8.62. The Hall–Kier alpha value is -5.26. The van der Waals surface area contributed by atoms with Crippen LogP contribution >= 0.6 is 11.3 Å². The molecule has 0 saturated carbocycles. The minimum Gasteiger partial charge on any atom is -0.305 e. The fourth-order valence-corrected chi connectivity index (χ4v) is 7.16. The lowest BCUT2D eigenvalue weighted by molar-refractivity contribution is 1.09. The molecule has 0 amide bonds. The zero-order valence-electron chi connectivity index (χ0n) is 21.9. The SMILES string of the molecule is c1ccc(-c2nc3ccc(-c4cccc(N5c6ccccc6-n6c7ccccc7c7cccc5c76)n4)cc3s2)cc1. The van der Waals surface area contributed by atoms with Crippen LogP contribution in [0.2, 0.25) is 0 Å². The summed E-state index contributed by atoms with van der Waals surface area (Å²) in [5.41, 5.74) is 10.0. The standard InChI is InChI=1S/C36H22N4S/c1-2-10-23(11-3-1)36-38-28-21-20-24(22-33(28)41-36)27-14-9-19-34(37-27)39-30-16-6-7-17-31(30)40-29-15-5-4-12-25(29)26-13-8-18-32(39)35(26)40/h1-22H. The van der Waals surface area contributed by atoms with E-state index >= 15 is 0 Å². The molecule has 1 aliphatic rings. The summed E-state index contributed by atoms with van der Waals surface area (Å²) >= 11 is 1.72. The van der Waals surface area contributed by atoms with Crippen molar-refractivity contribution in [2.24, 2.45) is 0 Å². The molecule has 0 unspecified atom stereocenters. The zero-order chi connectivity index (χ0) is 26.9. The van der Waals surface area contributed by atoms with Crippen molar-refractivity contribution in [2.45, 2.75) is 0 Å². The highest BCUT2D eigenvalue weighted by Gasteiger charge is 2.28. The third-order valence-corrected chi connectivity index (χ3v) is 9.01. The summed E-state index contributed by atoms with van der Waals surface area (Å²) in [5, 5.41) is 3.54. The Morgan fingerprint density at radius 1 is 0.537 bits per heavy atom. The van der Waals surface area contributed by atoms with Gasteiger partial charge in [-0.2, -0.15) is 0 Å². The van der Waals surface area contributed by atoms with Gasteiger partial charge in [-0.15, -0.1) is 11.3 Å². The molecule has 0 radical (unpaired) electrons. The van der Waals surface area contributed by atoms with E-state index in [0.717, 1.165) is 54.9 Å². The number of nitrogens with zero attached hydrogens (tertiary/aromatic N) is 4. The van der Waals surface area contributed by atoms with E-state index in [9.17, 15) is 0 Å². The van der Waals surface area contributed by atoms with Gasteiger partial charge in [-0.25, -0.2) is 9.97 Å². The summed E-state index contributed by atoms with van der Waals surface area (Å²) in [6.45, 7) is 0. The third kappa shape index (κ3) is 3.33. The predicted octanol–water partition coefficient (Wildman–Crippen LogP) is 9.91. The van der Waals surface area contributed by atoms with E-state index in [1.807, 2.05) is 6.07 Å². The van der Waals surface area contributed by atoms with Crippen molar-refractivity contribution >= 4 is 60.6 Å². The summed E-state index contributed by atoms with van der Waals surface area (Å²) in [6.07, 6.45) is 0. The molecule has 5 heteroatoms. The van der Waals surface area contributed by atoms with Crippen LogP contribution in [0.1, 0.15) is 0 Å². The van der Waals surface area contributed by atoms with Crippen molar-refractivity contribution in [3.05, 3.63) is 133 Å². The highest BCUT2D eigenvalue weighted by Crippen LogP contribution is 2.49. The number of aromatic nitrogens is 3. The fraction of sp³-hybridized carbons (Fsp3) is 0. The Labute approximate surface area is 240 Å². The molecular weight excluding hydrogens is 520 g/mol. The van der Waals surface area contributed by atoms with Crippen LogP contribution in [-0.2, 0) is 0 Å². The van der Waals surface area contributed by atoms with Crippen LogP contribution in [0.15, 0.2) is 133 Å². The first-order valence-corrected chi connectivity index (χ1v) is 14.5. The maximum absolute atomic E-state index is 5.25. The molecule has 9 rings (SSSR count). The smallest absolute Gasteiger partial charge is 0.138 e. The highest BCUT2D eigenvalue weighted by atomic mass is 32.1. The van der Waals surface area contributed by atoms with Gasteiger partial charge in [0.25, 0.3) is 0 Å². The maximum Gasteiger partial charge on any atom is 0.138 e. The number of benzene rings is 5. The normalized spacial score (nSPS) is 12.3. The number of pyridine rings is 1. The van der Waals surface area contributed by atoms with Gasteiger partial charge in [0.05, 0.1) is 44.0 Å². The van der Waals surface area contributed by atoms with Crippen molar-refractivity contribution in [1.82, 2.24) is 14.5 Å². The first kappa shape index (κ1) is 22.5. The summed E-state index contributed by atoms with van der Waals surface area (Å²) in [6, 6.07) is 47.0. The van der Waals surface area contributed by atoms with E-state index < -0.39 is 0 Å². The molecule has 0 atom stereocenters. The van der Waals surface area contributed by atoms with Crippen LogP contribution < -0.4 is 4.90 Å². The van der Waals surface area contributed by atoms with E-state index in [0.29, 0.717) is 0 Å². The summed E-state index contributed by atoms with van der Waals surface area (Å²) in [4.78, 5) is 12.4. The summed E-state index contributed by atoms with van der Waals surface area (Å²) in [5.74, 6) is 0.897. The minimum atomic E-state index is 0.897. The van der Waals surface area contributed by atoms with E-state index in [4.69, 9.17) is 9.97 Å². The molecule has 0 fully saturated rings. The van der Waals surface area contributed by atoms with E-state index in [2.05, 4.69) is 137 Å². The molecule has 0 aliphatic carbocycles. The first-order valence-electron chi connectivity index (χ1n) is 13.7. The van der Waals surface area contributed by atoms with Gasteiger partial charge in [0.2, 0.25) is 0 Å². The number of rotatable bonds is 3. The molecule has 192 valence electrons. The van der Waals surface area contributed by atoms with Gasteiger partial charge in [0.15, 0.2) is 0 Å². The quantitative estimate of drug-likeness (QED) is 0.223. The van der Waals surface area contributed by atoms with Crippen molar-refractivity contribution < 1.29 is 0 Å². The number of anilines is 3. The Bertz CT molecular complexity index is 2280. The van der Waals surface area contributed by atoms with Gasteiger partial charge in [-0.3, -0.25) is 4.90 Å². The maximum atomic E-state index is 5.25. The Morgan fingerprint density at radius 3 is 2.22 bits per heavy atom. The van der Waals surface area contributed by atoms with Crippen molar-refractivity contribution in [2.75, 3.05) is 4.90 Å². The zero-order valence-corrected chi connectivity index (χ0v) is 22.7. The van der Waals surface area contributed by atoms with E-state index in [1.54, 1.807) is 11.3 Å². The molecule has 41 heavy (non-hydrogen) atoms. The lowest BCUT2D eigenvalue weighted by Gasteiger charge is -2.32. The largest absolute Gasteiger partial charge is 0.305 e. The van der Waals surface area contributed by atoms with Gasteiger partial charge in [-0.1, -0.05) is 84.9 Å². The second-order valence-electron chi connectivity index (χ2n) is 10.3. The molecule has 0 saturated heterocycles. The number of para-hydroxylation sites is 4. The number of thiazole rings is 1. The van der Waals surface area contributed by atoms with Crippen LogP contribution in [0.5, 0.6) is 0 Å². The third-order valence-electron chi connectivity index (χ3n) is 7.95. The monoisotopic (exact) mass is 542 g/mol. The summed E-state index contributed by atoms with van der Waals surface area (Å²) < 4.78 is 3.56. The van der Waals surface area contributed by atoms with Gasteiger partial charge < -0.3 is 4.57 Å². The lowest BCUT2D eigenvalue weighted by atomic mass is 10.1. The molecule has 1 aliphatic heterocycles. The molecule has 0 bridgehead atoms. The molecule has 0 spiro atoms. The van der Waals surface area contributed by atoms with Gasteiger partial charge in [0.1, 0.15) is 10.8 Å². The van der Waals surface area contributed by atoms with Crippen molar-refractivity contribution in [1.29, 1.82) is 0 Å². The average Bonchev–Trinajstić information content (AvgIpc) is 3.62. The minimum absolute atomic E-state index is 0.897. The molecular formula is C36H22N4S. The topological polar surface area (TPSA) is 34.0 Å². The Balaban J connectivity index is 1.21. The Morgan fingerprint density at radius 2 is 1.29 bits per heavy atom. The molecule has 4 nitrogen and oxygen atoms in total. The predicted molar refractivity (Wildman–Crippen MR) is 171 cm³/mol. The number of hydrogen-bond donors (Lipinski definition) is 0. The van der Waals surface area contributed by atoms with Crippen LogP contribution in [-0.4, -0.2) is 14.5 Å². The number of hydrogen-bond acceptors (Lipinski definition) is 4. The summed E-state index contributed by atoms with van der Waals surface area (Å²) in [7, 11) is 0. The molecule has 8 aromatic rings. The average molecular weight is 543 g/mol. The van der Waals surface area contributed by atoms with Crippen LogP contribution in [0.25, 0.3) is 59.5 Å². The van der Waals surface area contributed by atoms with Crippen LogP contribution in [0.4, 0.5) is 17.2 Å². The molecule has 4 heterocycles. The van der Waals surface area contributed by atoms with E-state index in [1.165, 1.54) is 21.8 Å². The van der Waals surface area contributed by atoms with Crippen molar-refractivity contribution in [3.8, 4) is 27.5 Å². The lowest BCUT2D eigenvalue weighted by Crippen LogP contribution is -2.19. The molecule has 5 aromatic carbocycles. The van der Waals surface area contributed by atoms with Crippen LogP contribution in [0.3, 0.4) is 0 Å². The first-order chi connectivity index (χ1) is 20.3. The molecule has 3 aromatic heterocycles.